The van der Waals surface area contributed by atoms with Crippen LogP contribution >= 0.6 is 11.6 Å². The molecule has 0 saturated heterocycles. The van der Waals surface area contributed by atoms with Crippen LogP contribution in [-0.2, 0) is 20.1 Å². The van der Waals surface area contributed by atoms with E-state index >= 15 is 0 Å². The van der Waals surface area contributed by atoms with Gasteiger partial charge in [0.25, 0.3) is 0 Å². The first kappa shape index (κ1) is 16.3. The molecule has 0 spiro atoms. The summed E-state index contributed by atoms with van der Waals surface area (Å²) >= 11 is 6.18. The average molecular weight is 342 g/mol. The number of hydrogen-bond donors (Lipinski definition) is 2. The molecule has 124 valence electrons. The second-order valence-electron chi connectivity index (χ2n) is 5.45. The molecule has 0 aliphatic carbocycles. The highest BCUT2D eigenvalue weighted by Gasteiger charge is 2.08. The van der Waals surface area contributed by atoms with E-state index in [4.69, 9.17) is 11.6 Å². The smallest absolute Gasteiger partial charge is 0.191 e. The summed E-state index contributed by atoms with van der Waals surface area (Å²) in [5.74, 6) is 1.67. The van der Waals surface area contributed by atoms with Gasteiger partial charge in [0.1, 0.15) is 5.82 Å². The zero-order valence-electron chi connectivity index (χ0n) is 13.8. The molecule has 1 heterocycles. The maximum Gasteiger partial charge on any atom is 0.191 e. The molecule has 6 heteroatoms. The van der Waals surface area contributed by atoms with Gasteiger partial charge in [-0.05, 0) is 23.8 Å². The Kier molecular flexibility index (Phi) is 5.01. The Balaban J connectivity index is 1.63. The summed E-state index contributed by atoms with van der Waals surface area (Å²) in [5, 5.41) is 7.30. The van der Waals surface area contributed by atoms with Gasteiger partial charge in [-0.25, -0.2) is 4.98 Å². The molecule has 0 aliphatic rings. The van der Waals surface area contributed by atoms with Crippen LogP contribution in [-0.4, -0.2) is 22.6 Å². The van der Waals surface area contributed by atoms with Gasteiger partial charge in [0.05, 0.1) is 17.6 Å². The molecule has 3 aromatic rings. The fourth-order valence-electron chi connectivity index (χ4n) is 2.56. The van der Waals surface area contributed by atoms with Crippen LogP contribution in [0.25, 0.3) is 11.0 Å². The van der Waals surface area contributed by atoms with E-state index in [-0.39, 0.29) is 0 Å². The second-order valence-corrected chi connectivity index (χ2v) is 5.85. The maximum absolute atomic E-state index is 6.18. The molecule has 1 aromatic heterocycles. The van der Waals surface area contributed by atoms with Gasteiger partial charge in [0, 0.05) is 25.7 Å². The minimum atomic E-state index is 0.591. The Labute approximate surface area is 146 Å². The number of aromatic nitrogens is 2. The van der Waals surface area contributed by atoms with Crippen LogP contribution in [0.5, 0.6) is 0 Å². The number of hydrogen-bond acceptors (Lipinski definition) is 2. The number of aryl methyl sites for hydroxylation is 1. The van der Waals surface area contributed by atoms with Crippen LogP contribution in [0.3, 0.4) is 0 Å². The van der Waals surface area contributed by atoms with E-state index in [1.54, 1.807) is 7.05 Å². The van der Waals surface area contributed by atoms with Crippen molar-refractivity contribution < 1.29 is 0 Å². The Morgan fingerprint density at radius 3 is 2.54 bits per heavy atom. The van der Waals surface area contributed by atoms with Crippen molar-refractivity contribution in [2.45, 2.75) is 13.1 Å². The summed E-state index contributed by atoms with van der Waals surface area (Å²) in [6.45, 7) is 1.20. The van der Waals surface area contributed by atoms with Crippen molar-refractivity contribution in [1.29, 1.82) is 0 Å². The third-order valence-electron chi connectivity index (χ3n) is 3.92. The Morgan fingerprint density at radius 1 is 1.08 bits per heavy atom. The molecule has 0 saturated carbocycles. The van der Waals surface area contributed by atoms with Crippen LogP contribution in [0, 0.1) is 0 Å². The monoisotopic (exact) mass is 341 g/mol. The summed E-state index contributed by atoms with van der Waals surface area (Å²) < 4.78 is 2.09. The zero-order valence-corrected chi connectivity index (χ0v) is 14.5. The predicted molar refractivity (Wildman–Crippen MR) is 99.2 cm³/mol. The molecule has 5 nitrogen and oxygen atoms in total. The number of nitrogens with one attached hydrogen (secondary N) is 2. The molecule has 0 amide bonds. The lowest BCUT2D eigenvalue weighted by molar-refractivity contribution is 0.736. The Hall–Kier alpha value is -2.53. The molecule has 2 aromatic carbocycles. The van der Waals surface area contributed by atoms with Gasteiger partial charge in [-0.3, -0.25) is 4.99 Å². The van der Waals surface area contributed by atoms with Crippen molar-refractivity contribution in [3.63, 3.8) is 0 Å². The van der Waals surface area contributed by atoms with Gasteiger partial charge in [-0.15, -0.1) is 0 Å². The molecule has 2 N–H and O–H groups in total. The average Bonchev–Trinajstić information content (AvgIpc) is 2.93. The van der Waals surface area contributed by atoms with E-state index in [1.165, 1.54) is 0 Å². The van der Waals surface area contributed by atoms with Crippen LogP contribution < -0.4 is 10.6 Å². The van der Waals surface area contributed by atoms with Gasteiger partial charge in [-0.1, -0.05) is 41.9 Å². The largest absolute Gasteiger partial charge is 0.352 e. The number of fused-ring (bicyclic) bond motifs is 1. The van der Waals surface area contributed by atoms with Crippen LogP contribution in [0.2, 0.25) is 5.02 Å². The highest BCUT2D eigenvalue weighted by molar-refractivity contribution is 6.31. The molecule has 0 radical (unpaired) electrons. The highest BCUT2D eigenvalue weighted by Crippen LogP contribution is 2.15. The minimum Gasteiger partial charge on any atom is -0.352 e. The lowest BCUT2D eigenvalue weighted by Gasteiger charge is -2.12. The first-order valence-electron chi connectivity index (χ1n) is 7.77. The van der Waals surface area contributed by atoms with E-state index in [9.17, 15) is 0 Å². The van der Waals surface area contributed by atoms with Crippen molar-refractivity contribution in [3.05, 3.63) is 64.9 Å². The molecule has 0 unspecified atom stereocenters. The summed E-state index contributed by atoms with van der Waals surface area (Å²) in [6, 6.07) is 15.9. The zero-order chi connectivity index (χ0) is 16.9. The quantitative estimate of drug-likeness (QED) is 0.566. The van der Waals surface area contributed by atoms with Crippen molar-refractivity contribution in [2.24, 2.45) is 12.0 Å². The third-order valence-corrected chi connectivity index (χ3v) is 4.29. The number of rotatable bonds is 4. The topological polar surface area (TPSA) is 54.2 Å². The third kappa shape index (κ3) is 3.51. The van der Waals surface area contributed by atoms with E-state index in [0.29, 0.717) is 19.0 Å². The number of nitrogens with zero attached hydrogens (tertiary/aromatic N) is 3. The van der Waals surface area contributed by atoms with Crippen LogP contribution in [0.4, 0.5) is 0 Å². The first-order chi connectivity index (χ1) is 11.7. The first-order valence-corrected chi connectivity index (χ1v) is 8.15. The maximum atomic E-state index is 6.18. The second kappa shape index (κ2) is 7.36. The van der Waals surface area contributed by atoms with E-state index in [1.807, 2.05) is 49.5 Å². The molecule has 0 aliphatic heterocycles. The molecule has 0 bridgehead atoms. The van der Waals surface area contributed by atoms with Crippen molar-refractivity contribution in [2.75, 3.05) is 7.05 Å². The normalized spacial score (nSPS) is 11.7. The number of para-hydroxylation sites is 2. The van der Waals surface area contributed by atoms with Gasteiger partial charge >= 0.3 is 0 Å². The minimum absolute atomic E-state index is 0.591. The fourth-order valence-corrected chi connectivity index (χ4v) is 2.76. The number of imidazole rings is 1. The molecule has 3 rings (SSSR count). The van der Waals surface area contributed by atoms with E-state index in [0.717, 1.165) is 27.4 Å². The van der Waals surface area contributed by atoms with Gasteiger partial charge in [0.2, 0.25) is 0 Å². The summed E-state index contributed by atoms with van der Waals surface area (Å²) in [6.07, 6.45) is 0. The summed E-state index contributed by atoms with van der Waals surface area (Å²) in [5.41, 5.74) is 3.15. The van der Waals surface area contributed by atoms with Crippen molar-refractivity contribution in [3.8, 4) is 0 Å². The molecular weight excluding hydrogens is 322 g/mol. The highest BCUT2D eigenvalue weighted by atomic mass is 35.5. The molecule has 0 atom stereocenters. The van der Waals surface area contributed by atoms with Gasteiger partial charge in [0.15, 0.2) is 5.96 Å². The predicted octanol–water partition coefficient (Wildman–Crippen LogP) is 3.09. The van der Waals surface area contributed by atoms with Crippen molar-refractivity contribution >= 4 is 28.6 Å². The van der Waals surface area contributed by atoms with Gasteiger partial charge < -0.3 is 15.2 Å². The van der Waals surface area contributed by atoms with E-state index in [2.05, 4.69) is 31.2 Å². The van der Waals surface area contributed by atoms with E-state index < -0.39 is 0 Å². The molecular formula is C18H20ClN5. The molecule has 0 fully saturated rings. The Bertz CT molecular complexity index is 869. The lowest BCUT2D eigenvalue weighted by atomic mass is 10.2. The Morgan fingerprint density at radius 2 is 1.79 bits per heavy atom. The number of aliphatic imine (C=N–C) groups is 1. The van der Waals surface area contributed by atoms with Crippen molar-refractivity contribution in [1.82, 2.24) is 20.2 Å². The molecule has 24 heavy (non-hydrogen) atoms. The number of benzene rings is 2. The lowest BCUT2D eigenvalue weighted by Crippen LogP contribution is -2.36. The fraction of sp³-hybridized carbons (Fsp3) is 0.222. The van der Waals surface area contributed by atoms with Crippen LogP contribution in [0.1, 0.15) is 11.4 Å². The van der Waals surface area contributed by atoms with Crippen LogP contribution in [0.15, 0.2) is 53.5 Å². The van der Waals surface area contributed by atoms with Gasteiger partial charge in [-0.2, -0.15) is 0 Å². The SMILES string of the molecule is CN=C(NCc1ccccc1Cl)NCc1nc2ccccc2n1C. The summed E-state index contributed by atoms with van der Waals surface area (Å²) in [4.78, 5) is 8.89. The standard InChI is InChI=1S/C18H20ClN5/c1-20-18(21-11-13-7-3-4-8-14(13)19)22-12-17-23-15-9-5-6-10-16(15)24(17)2/h3-10H,11-12H2,1-2H3,(H2,20,21,22). The number of halogens is 1. The number of guanidine groups is 1. The summed E-state index contributed by atoms with van der Waals surface area (Å²) in [7, 11) is 3.77.